The normalized spacial score (nSPS) is 18.0. The van der Waals surface area contributed by atoms with Gasteiger partial charge in [-0.25, -0.2) is 0 Å². The van der Waals surface area contributed by atoms with Crippen molar-refractivity contribution in [3.05, 3.63) is 42.5 Å². The number of rotatable bonds is 5. The summed E-state index contributed by atoms with van der Waals surface area (Å²) in [6.07, 6.45) is 0.846. The number of fused-ring (bicyclic) bond motifs is 1. The van der Waals surface area contributed by atoms with Crippen LogP contribution in [0.4, 0.5) is 17.1 Å². The van der Waals surface area contributed by atoms with E-state index in [4.69, 9.17) is 9.47 Å². The van der Waals surface area contributed by atoms with Gasteiger partial charge in [0.15, 0.2) is 12.7 Å². The highest BCUT2D eigenvalue weighted by atomic mass is 16.5. The Labute approximate surface area is 167 Å². The summed E-state index contributed by atoms with van der Waals surface area (Å²) < 4.78 is 11.1. The van der Waals surface area contributed by atoms with Crippen LogP contribution in [-0.4, -0.2) is 37.0 Å². The minimum absolute atomic E-state index is 0.0952. The second kappa shape index (κ2) is 7.83. The van der Waals surface area contributed by atoms with Crippen LogP contribution in [0.15, 0.2) is 42.5 Å². The van der Waals surface area contributed by atoms with Crippen molar-refractivity contribution >= 4 is 34.8 Å². The van der Waals surface area contributed by atoms with Gasteiger partial charge in [-0.3, -0.25) is 14.4 Å². The molecule has 1 atom stereocenters. The van der Waals surface area contributed by atoms with Crippen LogP contribution in [0.5, 0.6) is 11.5 Å². The molecule has 2 aliphatic heterocycles. The summed E-state index contributed by atoms with van der Waals surface area (Å²) in [5.74, 6) is 0.583. The first kappa shape index (κ1) is 18.8. The number of benzene rings is 2. The molecular weight excluding hydrogens is 374 g/mol. The van der Waals surface area contributed by atoms with E-state index in [0.717, 1.165) is 12.1 Å². The zero-order chi connectivity index (χ0) is 20.4. The molecule has 0 aliphatic carbocycles. The first-order valence-electron chi connectivity index (χ1n) is 9.44. The lowest BCUT2D eigenvalue weighted by Crippen LogP contribution is -2.34. The van der Waals surface area contributed by atoms with E-state index in [-0.39, 0.29) is 24.3 Å². The Bertz CT molecular complexity index is 975. The first-order chi connectivity index (χ1) is 14.0. The monoisotopic (exact) mass is 395 g/mol. The lowest BCUT2D eigenvalue weighted by molar-refractivity contribution is -0.122. The fraction of sp³-hybridized carbons (Fsp3) is 0.286. The van der Waals surface area contributed by atoms with E-state index in [1.165, 1.54) is 0 Å². The largest absolute Gasteiger partial charge is 0.484 e. The molecule has 0 bridgehead atoms. The molecule has 0 unspecified atom stereocenters. The van der Waals surface area contributed by atoms with Gasteiger partial charge in [0.05, 0.1) is 5.69 Å². The Balaban J connectivity index is 1.36. The van der Waals surface area contributed by atoms with Crippen LogP contribution in [-0.2, 0) is 14.4 Å². The van der Waals surface area contributed by atoms with Gasteiger partial charge in [-0.05, 0) is 43.7 Å². The molecule has 4 rings (SSSR count). The Morgan fingerprint density at radius 1 is 1.28 bits per heavy atom. The highest BCUT2D eigenvalue weighted by Crippen LogP contribution is 2.32. The molecule has 2 aromatic rings. The third-order valence-electron chi connectivity index (χ3n) is 4.77. The Kier molecular flexibility index (Phi) is 5.07. The molecular formula is C21H21N3O5. The van der Waals surface area contributed by atoms with Crippen LogP contribution in [0.2, 0.25) is 0 Å². The van der Waals surface area contributed by atoms with Crippen LogP contribution >= 0.6 is 0 Å². The number of carbonyl (C=O) groups excluding carboxylic acids is 3. The van der Waals surface area contributed by atoms with Crippen molar-refractivity contribution in [1.29, 1.82) is 0 Å². The van der Waals surface area contributed by atoms with Crippen LogP contribution in [0, 0.1) is 0 Å². The van der Waals surface area contributed by atoms with Crippen LogP contribution < -0.4 is 25.0 Å². The summed E-state index contributed by atoms with van der Waals surface area (Å²) in [7, 11) is 0. The maximum Gasteiger partial charge on any atom is 0.265 e. The summed E-state index contributed by atoms with van der Waals surface area (Å²) in [4.78, 5) is 37.6. The highest BCUT2D eigenvalue weighted by Gasteiger charge is 2.24. The summed E-state index contributed by atoms with van der Waals surface area (Å²) in [6.45, 7) is 2.18. The Hall–Kier alpha value is -3.55. The van der Waals surface area contributed by atoms with Gasteiger partial charge in [0.2, 0.25) is 5.91 Å². The van der Waals surface area contributed by atoms with Gasteiger partial charge in [-0.15, -0.1) is 0 Å². The van der Waals surface area contributed by atoms with E-state index in [9.17, 15) is 14.4 Å². The van der Waals surface area contributed by atoms with Crippen molar-refractivity contribution in [2.75, 3.05) is 28.7 Å². The topological polar surface area (TPSA) is 97.0 Å². The number of carbonyl (C=O) groups is 3. The SMILES string of the molecule is C[C@H]1Oc2ccc(NC(=O)COc3cccc(N4CCCC4=O)c3)cc2NC1=O. The van der Waals surface area contributed by atoms with Crippen molar-refractivity contribution in [3.63, 3.8) is 0 Å². The molecule has 2 heterocycles. The number of nitrogens with zero attached hydrogens (tertiary/aromatic N) is 1. The van der Waals surface area contributed by atoms with Crippen LogP contribution in [0.3, 0.4) is 0 Å². The quantitative estimate of drug-likeness (QED) is 0.811. The van der Waals surface area contributed by atoms with Crippen molar-refractivity contribution in [1.82, 2.24) is 0 Å². The lowest BCUT2D eigenvalue weighted by atomic mass is 10.2. The molecule has 0 saturated carbocycles. The molecule has 0 aromatic heterocycles. The highest BCUT2D eigenvalue weighted by molar-refractivity contribution is 5.99. The molecule has 2 aliphatic rings. The van der Waals surface area contributed by atoms with Gasteiger partial charge in [-0.2, -0.15) is 0 Å². The molecule has 8 nitrogen and oxygen atoms in total. The fourth-order valence-electron chi connectivity index (χ4n) is 3.29. The molecule has 2 N–H and O–H groups in total. The van der Waals surface area contributed by atoms with Gasteiger partial charge >= 0.3 is 0 Å². The van der Waals surface area contributed by atoms with Gasteiger partial charge in [-0.1, -0.05) is 6.07 Å². The Morgan fingerprint density at radius 2 is 2.14 bits per heavy atom. The predicted octanol–water partition coefficient (Wildman–Crippen LogP) is 2.55. The maximum absolute atomic E-state index is 12.2. The number of hydrogen-bond donors (Lipinski definition) is 2. The molecule has 3 amide bonds. The number of hydrogen-bond acceptors (Lipinski definition) is 5. The van der Waals surface area contributed by atoms with Crippen molar-refractivity contribution in [2.24, 2.45) is 0 Å². The number of nitrogens with one attached hydrogen (secondary N) is 2. The smallest absolute Gasteiger partial charge is 0.265 e. The van der Waals surface area contributed by atoms with E-state index in [1.807, 2.05) is 6.07 Å². The fourth-order valence-corrected chi connectivity index (χ4v) is 3.29. The summed E-state index contributed by atoms with van der Waals surface area (Å²) in [5, 5.41) is 5.47. The standard InChI is InChI=1S/C21H21N3O5/c1-13-21(27)23-17-10-14(7-8-18(17)29-13)22-19(25)12-28-16-5-2-4-15(11-16)24-9-3-6-20(24)26/h2,4-5,7-8,10-11,13H,3,6,9,12H2,1H3,(H,22,25)(H,23,27)/t13-/m1/s1. The third kappa shape index (κ3) is 4.16. The second-order valence-corrected chi connectivity index (χ2v) is 6.94. The summed E-state index contributed by atoms with van der Waals surface area (Å²) in [6, 6.07) is 12.2. The molecule has 2 aromatic carbocycles. The molecule has 29 heavy (non-hydrogen) atoms. The van der Waals surface area contributed by atoms with Gasteiger partial charge in [0, 0.05) is 30.4 Å². The average molecular weight is 395 g/mol. The predicted molar refractivity (Wildman–Crippen MR) is 107 cm³/mol. The number of amides is 3. The van der Waals surface area contributed by atoms with E-state index < -0.39 is 6.10 Å². The zero-order valence-electron chi connectivity index (χ0n) is 15.9. The first-order valence-corrected chi connectivity index (χ1v) is 9.44. The van der Waals surface area contributed by atoms with Crippen molar-refractivity contribution in [3.8, 4) is 11.5 Å². The van der Waals surface area contributed by atoms with Crippen LogP contribution in [0.25, 0.3) is 0 Å². The van der Waals surface area contributed by atoms with Gasteiger partial charge in [0.25, 0.3) is 11.8 Å². The van der Waals surface area contributed by atoms with Gasteiger partial charge < -0.3 is 25.0 Å². The third-order valence-corrected chi connectivity index (χ3v) is 4.77. The van der Waals surface area contributed by atoms with Gasteiger partial charge in [0.1, 0.15) is 11.5 Å². The minimum Gasteiger partial charge on any atom is -0.484 e. The maximum atomic E-state index is 12.2. The van der Waals surface area contributed by atoms with E-state index in [1.54, 1.807) is 48.2 Å². The number of ether oxygens (including phenoxy) is 2. The Morgan fingerprint density at radius 3 is 2.93 bits per heavy atom. The average Bonchev–Trinajstić information content (AvgIpc) is 3.14. The van der Waals surface area contributed by atoms with Crippen molar-refractivity contribution in [2.45, 2.75) is 25.9 Å². The molecule has 1 fully saturated rings. The van der Waals surface area contributed by atoms with Crippen LogP contribution in [0.1, 0.15) is 19.8 Å². The molecule has 8 heteroatoms. The second-order valence-electron chi connectivity index (χ2n) is 6.94. The summed E-state index contributed by atoms with van der Waals surface area (Å²) >= 11 is 0. The van der Waals surface area contributed by atoms with E-state index in [2.05, 4.69) is 10.6 Å². The van der Waals surface area contributed by atoms with E-state index >= 15 is 0 Å². The molecule has 0 radical (unpaired) electrons. The molecule has 0 spiro atoms. The molecule has 150 valence electrons. The zero-order valence-corrected chi connectivity index (χ0v) is 15.9. The minimum atomic E-state index is -0.553. The molecule has 1 saturated heterocycles. The summed E-state index contributed by atoms with van der Waals surface area (Å²) in [5.41, 5.74) is 1.80. The number of anilines is 3. The van der Waals surface area contributed by atoms with Crippen molar-refractivity contribution < 1.29 is 23.9 Å². The lowest BCUT2D eigenvalue weighted by Gasteiger charge is -2.23. The van der Waals surface area contributed by atoms with E-state index in [0.29, 0.717) is 35.8 Å².